The van der Waals surface area contributed by atoms with Crippen LogP contribution in [0.3, 0.4) is 0 Å². The van der Waals surface area contributed by atoms with Crippen molar-refractivity contribution in [2.75, 3.05) is 33.0 Å². The third kappa shape index (κ3) is 18.3. The van der Waals surface area contributed by atoms with Crippen LogP contribution in [0.4, 0.5) is 30.2 Å². The average Bonchev–Trinajstić information content (AvgIpc) is 1.57. The van der Waals surface area contributed by atoms with Gasteiger partial charge < -0.3 is 42.2 Å². The molecule has 0 amide bonds. The molecule has 1 saturated carbocycles. The predicted octanol–water partition coefficient (Wildman–Crippen LogP) is 12.4. The number of halogens is 3. The van der Waals surface area contributed by atoms with Crippen LogP contribution < -0.4 is 16.7 Å². The summed E-state index contributed by atoms with van der Waals surface area (Å²) in [5, 5.41) is 31.6. The van der Waals surface area contributed by atoms with Gasteiger partial charge in [0.2, 0.25) is 0 Å². The number of alkyl halides is 3. The van der Waals surface area contributed by atoms with Gasteiger partial charge in [0.1, 0.15) is 11.5 Å². The van der Waals surface area contributed by atoms with Gasteiger partial charge in [0.25, 0.3) is 0 Å². The first kappa shape index (κ1) is 75.2. The topological polar surface area (TPSA) is 331 Å². The van der Waals surface area contributed by atoms with Gasteiger partial charge in [-0.15, -0.1) is 0 Å². The van der Waals surface area contributed by atoms with E-state index in [1.807, 2.05) is 12.2 Å². The summed E-state index contributed by atoms with van der Waals surface area (Å²) in [6.07, 6.45) is 35.4. The first-order chi connectivity index (χ1) is 46.3. The first-order valence-electron chi connectivity index (χ1n) is 33.7. The molecular weight excluding hydrogens is 1310 g/mol. The molecule has 1 N–H and O–H groups in total. The molecule has 31 heteroatoms. The lowest BCUT2D eigenvalue weighted by Crippen LogP contribution is -2.41. The van der Waals surface area contributed by atoms with E-state index in [2.05, 4.69) is 42.9 Å². The Balaban J connectivity index is 0.000000140. The van der Waals surface area contributed by atoms with E-state index in [1.54, 1.807) is 12.4 Å². The highest BCUT2D eigenvalue weighted by Crippen LogP contribution is 2.46. The van der Waals surface area contributed by atoms with Crippen LogP contribution in [-0.4, -0.2) is 128 Å². The SMILES string of the molecule is CC1(C)OB(C2=CCC3(CCCO3)CC2)OC1(C)C.O=C1CCC2(CCCO2)CC1.O=S(=O)(OC1=CCC2(CCCO2)CC1)C(F)(F)F.O=c1[nH]cccc1[N+](=O)[O-].O=c1c([N+](=O)[O-])cccn1C1=CCC2(CCCO2)CC1.O=c1c([N+](=O)[O-])cccn1C1=CC[C@@]2(CCCO2)CC1. The van der Waals surface area contributed by atoms with Crippen LogP contribution in [0.1, 0.15) is 195 Å². The smallest absolute Gasteiger partial charge is 0.400 e. The number of nitrogens with zero attached hydrogens (tertiary/aromatic N) is 5. The monoisotopic (exact) mass is 1400 g/mol. The summed E-state index contributed by atoms with van der Waals surface area (Å²) < 4.78 is 106. The Kier molecular flexibility index (Phi) is 24.0. The normalized spacial score (nSPS) is 27.3. The summed E-state index contributed by atoms with van der Waals surface area (Å²) in [6.45, 7) is 12.5. The van der Waals surface area contributed by atoms with E-state index < -0.39 is 52.8 Å². The van der Waals surface area contributed by atoms with Gasteiger partial charge in [0, 0.05) is 100 Å². The molecular formula is C67H88BF3N6O20S. The number of ether oxygens (including phenoxy) is 5. The van der Waals surface area contributed by atoms with E-state index in [1.165, 1.54) is 82.9 Å². The van der Waals surface area contributed by atoms with Gasteiger partial charge in [-0.05, 0) is 205 Å². The lowest BCUT2D eigenvalue weighted by Gasteiger charge is -2.32. The van der Waals surface area contributed by atoms with Gasteiger partial charge in [-0.2, -0.15) is 21.6 Å². The molecule has 3 unspecified atom stereocenters. The minimum absolute atomic E-state index is 0.0617. The lowest BCUT2D eigenvalue weighted by atomic mass is 9.69. The van der Waals surface area contributed by atoms with Crippen molar-refractivity contribution < 1.29 is 78.3 Å². The number of hydrogen-bond donors (Lipinski definition) is 1. The van der Waals surface area contributed by atoms with E-state index in [4.69, 9.17) is 33.0 Å². The summed E-state index contributed by atoms with van der Waals surface area (Å²) >= 11 is 0. The van der Waals surface area contributed by atoms with Gasteiger partial charge >= 0.3 is 56.5 Å². The minimum atomic E-state index is -5.54. The van der Waals surface area contributed by atoms with Gasteiger partial charge in [0.05, 0.1) is 54.0 Å². The second kappa shape index (κ2) is 31.3. The molecule has 0 aromatic carbocycles. The van der Waals surface area contributed by atoms with Crippen LogP contribution >= 0.6 is 0 Å². The highest BCUT2D eigenvalue weighted by molar-refractivity contribution is 7.87. The number of pyridine rings is 3. The molecule has 4 atom stereocenters. The average molecular weight is 1400 g/mol. The van der Waals surface area contributed by atoms with Crippen LogP contribution in [0, 0.1) is 30.3 Å². The molecule has 7 fully saturated rings. The number of carbonyl (C=O) groups excluding carboxylic acids is 1. The Bertz CT molecular complexity index is 3670. The fourth-order valence-corrected chi connectivity index (χ4v) is 14.8. The molecule has 14 rings (SSSR count). The van der Waals surface area contributed by atoms with Crippen LogP contribution in [0.5, 0.6) is 0 Å². The van der Waals surface area contributed by atoms with Gasteiger partial charge in [0.15, 0.2) is 0 Å². The van der Waals surface area contributed by atoms with Crippen molar-refractivity contribution in [3.63, 3.8) is 0 Å². The number of rotatable bonds is 8. The summed E-state index contributed by atoms with van der Waals surface area (Å²) in [7, 11) is -5.70. The Morgan fingerprint density at radius 2 is 0.888 bits per heavy atom. The molecule has 3 aromatic rings. The number of hydrogen-bond acceptors (Lipinski definition) is 20. The molecule has 6 saturated heterocycles. The van der Waals surface area contributed by atoms with Gasteiger partial charge in [-0.3, -0.25) is 58.7 Å². The van der Waals surface area contributed by atoms with Gasteiger partial charge in [-0.1, -0.05) is 18.2 Å². The Labute approximate surface area is 566 Å². The summed E-state index contributed by atoms with van der Waals surface area (Å²) in [5.41, 5.74) is -6.07. The molecule has 5 aliphatic carbocycles. The van der Waals surface area contributed by atoms with Crippen molar-refractivity contribution in [1.82, 2.24) is 14.1 Å². The summed E-state index contributed by atoms with van der Waals surface area (Å²) in [4.78, 5) is 77.5. The largest absolute Gasteiger partial charge is 0.534 e. The fourth-order valence-electron chi connectivity index (χ4n) is 14.2. The number of allylic oxidation sites excluding steroid dienone is 4. The van der Waals surface area contributed by atoms with E-state index >= 15 is 0 Å². The zero-order valence-electron chi connectivity index (χ0n) is 55.9. The molecule has 9 heterocycles. The summed E-state index contributed by atoms with van der Waals surface area (Å²) in [5.74, 6) is 0.277. The summed E-state index contributed by atoms with van der Waals surface area (Å²) in [6, 6.07) is 8.11. The number of nitro groups is 3. The van der Waals surface area contributed by atoms with Crippen LogP contribution in [0.15, 0.2) is 105 Å². The lowest BCUT2D eigenvalue weighted by molar-refractivity contribution is -0.386. The van der Waals surface area contributed by atoms with Crippen molar-refractivity contribution >= 4 is 51.5 Å². The van der Waals surface area contributed by atoms with Crippen molar-refractivity contribution in [3.8, 4) is 0 Å². The van der Waals surface area contributed by atoms with Crippen molar-refractivity contribution in [1.29, 1.82) is 0 Å². The highest BCUT2D eigenvalue weighted by atomic mass is 32.2. The molecule has 536 valence electrons. The van der Waals surface area contributed by atoms with E-state index in [0.29, 0.717) is 38.1 Å². The molecule has 0 radical (unpaired) electrons. The standard InChI is InChI=1S/C15H25BO3.2C14H16N2O4.C10H13F3O4S.C9H14O2.C5H4N2O3/c1-13(2)14(3,4)19-16(18-13)12-6-9-15(10-7-12)8-5-11-17-15;2*17-13-12(16(18)19)3-1-9-15(13)11-4-7-14(8-5-11)6-2-10-20-14;11-10(12,13)18(14,15)17-8-2-5-9(6-3-8)4-1-7-16-9;10-8-2-5-9(6-3-8)4-1-7-11-9;8-5-4(7(9)10)2-1-3-6-5/h6H,5,7-11H2,1-4H3;2*1,3-4,9H,2,5-8,10H2;2H,1,3-7H2;1-7H2;1-3H,(H,6,8)/t;14-;;;;/m.0..../s1. The van der Waals surface area contributed by atoms with Gasteiger partial charge in [-0.25, -0.2) is 0 Å². The Morgan fingerprint density at radius 3 is 1.21 bits per heavy atom. The Morgan fingerprint density at radius 1 is 0.510 bits per heavy atom. The quantitative estimate of drug-likeness (QED) is 0.0720. The van der Waals surface area contributed by atoms with Crippen molar-refractivity contribution in [2.45, 2.75) is 239 Å². The van der Waals surface area contributed by atoms with Crippen molar-refractivity contribution in [2.24, 2.45) is 0 Å². The van der Waals surface area contributed by atoms with Crippen LogP contribution in [-0.2, 0) is 52.1 Å². The van der Waals surface area contributed by atoms with E-state index in [9.17, 15) is 71.1 Å². The molecule has 26 nitrogen and oxygen atoms in total. The second-order valence-corrected chi connectivity index (χ2v) is 29.3. The molecule has 6 aliphatic heterocycles. The molecule has 11 aliphatic rings. The number of carbonyl (C=O) groups is 1. The zero-order chi connectivity index (χ0) is 70.8. The van der Waals surface area contributed by atoms with Crippen molar-refractivity contribution in [3.05, 3.63) is 152 Å². The van der Waals surface area contributed by atoms with E-state index in [-0.39, 0.29) is 69.9 Å². The van der Waals surface area contributed by atoms with E-state index in [0.717, 1.165) is 153 Å². The fraction of sp³-hybridized carbons (Fsp3) is 0.642. The third-order valence-corrected chi connectivity index (χ3v) is 21.8. The predicted molar refractivity (Wildman–Crippen MR) is 354 cm³/mol. The van der Waals surface area contributed by atoms with Crippen LogP contribution in [0.25, 0.3) is 11.4 Å². The maximum Gasteiger partial charge on any atom is 0.534 e. The zero-order valence-corrected chi connectivity index (χ0v) is 56.8. The molecule has 5 spiro atoms. The number of aromatic nitrogens is 3. The highest BCUT2D eigenvalue weighted by Gasteiger charge is 2.54. The van der Waals surface area contributed by atoms with Crippen LogP contribution in [0.2, 0.25) is 0 Å². The Hall–Kier alpha value is -7.00. The maximum atomic E-state index is 12.1. The first-order valence-corrected chi connectivity index (χ1v) is 35.1. The molecule has 98 heavy (non-hydrogen) atoms. The maximum absolute atomic E-state index is 12.1. The molecule has 0 bridgehead atoms. The number of Topliss-reactive ketones (excluding diaryl/α,β-unsaturated/α-hetero) is 1. The number of aromatic amines is 1. The number of nitrogens with one attached hydrogen (secondary N) is 1. The third-order valence-electron chi connectivity index (χ3n) is 20.8. The second-order valence-electron chi connectivity index (χ2n) is 27.7. The molecule has 3 aromatic heterocycles. The minimum Gasteiger partial charge on any atom is -0.400 e. The number of ketones is 1. The number of H-pyrrole nitrogens is 1.